The average molecular weight is 217 g/mol. The number of rotatable bonds is 2. The van der Waals surface area contributed by atoms with Crippen LogP contribution in [0.1, 0.15) is 31.0 Å². The van der Waals surface area contributed by atoms with E-state index in [2.05, 4.69) is 23.8 Å². The second-order valence-corrected chi connectivity index (χ2v) is 4.06. The lowest BCUT2D eigenvalue weighted by Gasteiger charge is -2.12. The minimum atomic E-state index is 0.325. The highest BCUT2D eigenvalue weighted by Gasteiger charge is 2.14. The third-order valence-electron chi connectivity index (χ3n) is 2.48. The largest absolute Gasteiger partial charge is 0.461 e. The highest BCUT2D eigenvalue weighted by molar-refractivity contribution is 5.54. The molecule has 0 unspecified atom stereocenters. The Bertz CT molecular complexity index is 466. The van der Waals surface area contributed by atoms with Gasteiger partial charge in [-0.3, -0.25) is 0 Å². The number of nitrogen functional groups attached to an aromatic ring is 1. The lowest BCUT2D eigenvalue weighted by atomic mass is 10.0. The van der Waals surface area contributed by atoms with Crippen LogP contribution in [0.25, 0.3) is 11.6 Å². The highest BCUT2D eigenvalue weighted by atomic mass is 16.3. The molecule has 4 nitrogen and oxygen atoms in total. The van der Waals surface area contributed by atoms with Crippen LogP contribution in [0.3, 0.4) is 0 Å². The quantitative estimate of drug-likeness (QED) is 0.840. The molecule has 4 heteroatoms. The first kappa shape index (κ1) is 10.7. The molecule has 0 atom stereocenters. The number of nitrogens with two attached hydrogens (primary N) is 1. The van der Waals surface area contributed by atoms with Gasteiger partial charge < -0.3 is 10.2 Å². The second kappa shape index (κ2) is 3.96. The van der Waals surface area contributed by atoms with Gasteiger partial charge in [0.2, 0.25) is 0 Å². The number of hydrogen-bond donors (Lipinski definition) is 1. The van der Waals surface area contributed by atoms with Gasteiger partial charge in [-0.1, -0.05) is 13.8 Å². The van der Waals surface area contributed by atoms with Crippen molar-refractivity contribution in [3.05, 3.63) is 29.7 Å². The predicted molar refractivity (Wildman–Crippen MR) is 63.0 cm³/mol. The van der Waals surface area contributed by atoms with E-state index in [4.69, 9.17) is 10.2 Å². The molecule has 2 rings (SSSR count). The first-order chi connectivity index (χ1) is 7.59. The minimum Gasteiger partial charge on any atom is -0.461 e. The van der Waals surface area contributed by atoms with Crippen molar-refractivity contribution >= 4 is 5.82 Å². The van der Waals surface area contributed by atoms with Gasteiger partial charge in [0.1, 0.15) is 5.82 Å². The Morgan fingerprint density at radius 3 is 2.56 bits per heavy atom. The third-order valence-corrected chi connectivity index (χ3v) is 2.48. The Morgan fingerprint density at radius 1 is 1.31 bits per heavy atom. The Labute approximate surface area is 94.5 Å². The van der Waals surface area contributed by atoms with E-state index in [9.17, 15) is 0 Å². The standard InChI is InChI=1S/C12H15N3O/c1-7(2)10-8(3)14-12(15-11(10)13)9-5-4-6-16-9/h4-7H,1-3H3,(H2,13,14,15). The summed E-state index contributed by atoms with van der Waals surface area (Å²) in [4.78, 5) is 8.68. The second-order valence-electron chi connectivity index (χ2n) is 4.06. The van der Waals surface area contributed by atoms with E-state index in [0.717, 1.165) is 11.3 Å². The zero-order valence-corrected chi connectivity index (χ0v) is 9.69. The summed E-state index contributed by atoms with van der Waals surface area (Å²) in [7, 11) is 0. The van der Waals surface area contributed by atoms with E-state index in [1.54, 1.807) is 12.3 Å². The van der Waals surface area contributed by atoms with Crippen LogP contribution in [-0.4, -0.2) is 9.97 Å². The van der Waals surface area contributed by atoms with Crippen LogP contribution >= 0.6 is 0 Å². The number of aromatic nitrogens is 2. The summed E-state index contributed by atoms with van der Waals surface area (Å²) in [6, 6.07) is 3.63. The van der Waals surface area contributed by atoms with Crippen LogP contribution in [0.4, 0.5) is 5.82 Å². The van der Waals surface area contributed by atoms with Crippen LogP contribution in [0.2, 0.25) is 0 Å². The monoisotopic (exact) mass is 217 g/mol. The van der Waals surface area contributed by atoms with Crippen molar-refractivity contribution < 1.29 is 4.42 Å². The van der Waals surface area contributed by atoms with Gasteiger partial charge in [0.15, 0.2) is 11.6 Å². The summed E-state index contributed by atoms with van der Waals surface area (Å²) in [5, 5.41) is 0. The van der Waals surface area contributed by atoms with E-state index in [0.29, 0.717) is 23.3 Å². The van der Waals surface area contributed by atoms with Crippen molar-refractivity contribution in [2.24, 2.45) is 0 Å². The molecule has 2 heterocycles. The molecule has 0 aromatic carbocycles. The van der Waals surface area contributed by atoms with Crippen LogP contribution in [-0.2, 0) is 0 Å². The maximum Gasteiger partial charge on any atom is 0.197 e. The van der Waals surface area contributed by atoms with Crippen LogP contribution in [0.5, 0.6) is 0 Å². The van der Waals surface area contributed by atoms with Crippen LogP contribution in [0, 0.1) is 6.92 Å². The maximum atomic E-state index is 5.94. The van der Waals surface area contributed by atoms with Gasteiger partial charge in [-0.2, -0.15) is 0 Å². The van der Waals surface area contributed by atoms with Gasteiger partial charge in [-0.15, -0.1) is 0 Å². The van der Waals surface area contributed by atoms with E-state index < -0.39 is 0 Å². The number of anilines is 1. The van der Waals surface area contributed by atoms with Crippen molar-refractivity contribution in [3.63, 3.8) is 0 Å². The summed E-state index contributed by atoms with van der Waals surface area (Å²) in [6.45, 7) is 6.10. The molecular formula is C12H15N3O. The van der Waals surface area contributed by atoms with Gasteiger partial charge in [-0.05, 0) is 25.0 Å². The van der Waals surface area contributed by atoms with Crippen molar-refractivity contribution in [3.8, 4) is 11.6 Å². The molecule has 2 aromatic rings. The molecule has 16 heavy (non-hydrogen) atoms. The maximum absolute atomic E-state index is 5.94. The van der Waals surface area contributed by atoms with E-state index in [1.807, 2.05) is 13.0 Å². The van der Waals surface area contributed by atoms with Gasteiger partial charge in [0, 0.05) is 11.3 Å². The van der Waals surface area contributed by atoms with Crippen molar-refractivity contribution in [1.29, 1.82) is 0 Å². The topological polar surface area (TPSA) is 64.9 Å². The Morgan fingerprint density at radius 2 is 2.06 bits per heavy atom. The molecule has 0 fully saturated rings. The molecule has 0 spiro atoms. The molecular weight excluding hydrogens is 202 g/mol. The Hall–Kier alpha value is -1.84. The summed E-state index contributed by atoms with van der Waals surface area (Å²) in [6.07, 6.45) is 1.60. The van der Waals surface area contributed by atoms with Crippen molar-refractivity contribution in [2.45, 2.75) is 26.7 Å². The molecule has 0 aliphatic rings. The molecule has 2 N–H and O–H groups in total. The van der Waals surface area contributed by atoms with Gasteiger partial charge in [0.05, 0.1) is 6.26 Å². The highest BCUT2D eigenvalue weighted by Crippen LogP contribution is 2.26. The molecule has 0 amide bonds. The molecule has 0 bridgehead atoms. The fraction of sp³-hybridized carbons (Fsp3) is 0.333. The normalized spacial score (nSPS) is 11.0. The predicted octanol–water partition coefficient (Wildman–Crippen LogP) is 2.75. The summed E-state index contributed by atoms with van der Waals surface area (Å²) in [5.74, 6) is 2.05. The number of furan rings is 1. The summed E-state index contributed by atoms with van der Waals surface area (Å²) in [5.41, 5.74) is 7.86. The van der Waals surface area contributed by atoms with Crippen LogP contribution < -0.4 is 5.73 Å². The lowest BCUT2D eigenvalue weighted by Crippen LogP contribution is -2.06. The first-order valence-corrected chi connectivity index (χ1v) is 5.27. The molecule has 0 radical (unpaired) electrons. The summed E-state index contributed by atoms with van der Waals surface area (Å²) >= 11 is 0. The van der Waals surface area contributed by atoms with Crippen molar-refractivity contribution in [1.82, 2.24) is 9.97 Å². The van der Waals surface area contributed by atoms with E-state index in [1.165, 1.54) is 0 Å². The van der Waals surface area contributed by atoms with Gasteiger partial charge in [0.25, 0.3) is 0 Å². The Balaban J connectivity index is 2.53. The first-order valence-electron chi connectivity index (χ1n) is 5.27. The molecule has 84 valence electrons. The summed E-state index contributed by atoms with van der Waals surface area (Å²) < 4.78 is 5.25. The number of nitrogens with zero attached hydrogens (tertiary/aromatic N) is 2. The minimum absolute atomic E-state index is 0.325. The van der Waals surface area contributed by atoms with Gasteiger partial charge >= 0.3 is 0 Å². The zero-order chi connectivity index (χ0) is 11.7. The van der Waals surface area contributed by atoms with Crippen molar-refractivity contribution in [2.75, 3.05) is 5.73 Å². The zero-order valence-electron chi connectivity index (χ0n) is 9.69. The average Bonchev–Trinajstić information content (AvgIpc) is 2.67. The smallest absolute Gasteiger partial charge is 0.197 e. The Kier molecular flexibility index (Phi) is 2.64. The molecule has 2 aromatic heterocycles. The third kappa shape index (κ3) is 1.78. The van der Waals surface area contributed by atoms with E-state index >= 15 is 0 Å². The number of hydrogen-bond acceptors (Lipinski definition) is 4. The molecule has 0 aliphatic heterocycles. The fourth-order valence-electron chi connectivity index (χ4n) is 1.83. The lowest BCUT2D eigenvalue weighted by molar-refractivity contribution is 0.576. The number of aryl methyl sites for hydroxylation is 1. The van der Waals surface area contributed by atoms with Crippen LogP contribution in [0.15, 0.2) is 22.8 Å². The fourth-order valence-corrected chi connectivity index (χ4v) is 1.83. The molecule has 0 aliphatic carbocycles. The van der Waals surface area contributed by atoms with E-state index in [-0.39, 0.29) is 0 Å². The SMILES string of the molecule is Cc1nc(-c2ccco2)nc(N)c1C(C)C. The molecule has 0 saturated carbocycles. The van der Waals surface area contributed by atoms with Gasteiger partial charge in [-0.25, -0.2) is 9.97 Å². The molecule has 0 saturated heterocycles.